The summed E-state index contributed by atoms with van der Waals surface area (Å²) in [5.41, 5.74) is 6.18. The molecule has 0 unspecified atom stereocenters. The summed E-state index contributed by atoms with van der Waals surface area (Å²) < 4.78 is 5.28. The molecule has 1 aromatic rings. The van der Waals surface area contributed by atoms with E-state index < -0.39 is 0 Å². The Hall–Kier alpha value is -1.36. The Bertz CT molecular complexity index is 390. The molecule has 1 aliphatic carbocycles. The summed E-state index contributed by atoms with van der Waals surface area (Å²) in [4.78, 5) is 8.51. The molecule has 3 N–H and O–H groups in total. The van der Waals surface area contributed by atoms with Crippen molar-refractivity contribution in [1.82, 2.24) is 9.97 Å². The molecule has 0 bridgehead atoms. The van der Waals surface area contributed by atoms with Crippen LogP contribution in [-0.4, -0.2) is 23.1 Å². The number of ether oxygens (including phenoxy) is 1. The van der Waals surface area contributed by atoms with Gasteiger partial charge in [-0.1, -0.05) is 6.92 Å². The molecular formula is C12H20N4O. The van der Waals surface area contributed by atoms with Crippen LogP contribution in [0.3, 0.4) is 0 Å². The van der Waals surface area contributed by atoms with E-state index >= 15 is 0 Å². The molecule has 0 radical (unpaired) electrons. The molecule has 2 rings (SSSR count). The molecule has 0 aromatic carbocycles. The Balaban J connectivity index is 1.97. The van der Waals surface area contributed by atoms with Crippen molar-refractivity contribution in [3.05, 3.63) is 11.9 Å². The van der Waals surface area contributed by atoms with Gasteiger partial charge in [0.05, 0.1) is 0 Å². The standard InChI is InChI=1S/C12H20N4O/c1-3-17-7-11-15-9(13)6-10(16-11)14-8-12(2)4-5-12/h6H,3-5,7-8H2,1-2H3,(H3,13,14,15,16). The van der Waals surface area contributed by atoms with Gasteiger partial charge in [-0.2, -0.15) is 0 Å². The SMILES string of the molecule is CCOCc1nc(N)cc(NCC2(C)CC2)n1. The molecule has 5 heteroatoms. The van der Waals surface area contributed by atoms with E-state index in [2.05, 4.69) is 22.2 Å². The van der Waals surface area contributed by atoms with E-state index in [4.69, 9.17) is 10.5 Å². The van der Waals surface area contributed by atoms with Crippen LogP contribution in [-0.2, 0) is 11.3 Å². The zero-order valence-corrected chi connectivity index (χ0v) is 10.5. The van der Waals surface area contributed by atoms with E-state index in [0.717, 1.165) is 12.4 Å². The van der Waals surface area contributed by atoms with Crippen LogP contribution in [0.2, 0.25) is 0 Å². The molecule has 1 fully saturated rings. The van der Waals surface area contributed by atoms with E-state index in [1.807, 2.05) is 6.92 Å². The fourth-order valence-electron chi connectivity index (χ4n) is 1.56. The molecule has 0 aliphatic heterocycles. The van der Waals surface area contributed by atoms with E-state index in [1.54, 1.807) is 6.07 Å². The predicted molar refractivity (Wildman–Crippen MR) is 67.6 cm³/mol. The minimum absolute atomic E-state index is 0.410. The second-order valence-electron chi connectivity index (χ2n) is 4.90. The Kier molecular flexibility index (Phi) is 3.47. The Morgan fingerprint density at radius 2 is 2.24 bits per heavy atom. The van der Waals surface area contributed by atoms with Crippen molar-refractivity contribution in [2.45, 2.75) is 33.3 Å². The number of nitrogens with zero attached hydrogens (tertiary/aromatic N) is 2. The lowest BCUT2D eigenvalue weighted by Gasteiger charge is -2.12. The monoisotopic (exact) mass is 236 g/mol. The van der Waals surface area contributed by atoms with Gasteiger partial charge >= 0.3 is 0 Å². The number of rotatable bonds is 6. The molecule has 5 nitrogen and oxygen atoms in total. The van der Waals surface area contributed by atoms with Gasteiger partial charge in [-0.3, -0.25) is 0 Å². The molecular weight excluding hydrogens is 216 g/mol. The van der Waals surface area contributed by atoms with E-state index in [1.165, 1.54) is 12.8 Å². The topological polar surface area (TPSA) is 73.1 Å². The van der Waals surface area contributed by atoms with Crippen molar-refractivity contribution in [2.24, 2.45) is 5.41 Å². The molecule has 0 amide bonds. The molecule has 17 heavy (non-hydrogen) atoms. The number of nitrogens with two attached hydrogens (primary N) is 1. The maximum absolute atomic E-state index is 5.74. The van der Waals surface area contributed by atoms with Crippen molar-refractivity contribution in [1.29, 1.82) is 0 Å². The third kappa shape index (κ3) is 3.56. The zero-order chi connectivity index (χ0) is 12.3. The Labute approximate surface area is 102 Å². The lowest BCUT2D eigenvalue weighted by Crippen LogP contribution is -2.14. The van der Waals surface area contributed by atoms with E-state index in [0.29, 0.717) is 30.3 Å². The Morgan fingerprint density at radius 1 is 1.47 bits per heavy atom. The first kappa shape index (κ1) is 12.1. The average molecular weight is 236 g/mol. The minimum Gasteiger partial charge on any atom is -0.384 e. The van der Waals surface area contributed by atoms with Gasteiger partial charge in [-0.25, -0.2) is 9.97 Å². The van der Waals surface area contributed by atoms with Crippen molar-refractivity contribution in [3.8, 4) is 0 Å². The van der Waals surface area contributed by atoms with Gasteiger partial charge in [0.25, 0.3) is 0 Å². The molecule has 1 aliphatic rings. The van der Waals surface area contributed by atoms with Crippen molar-refractivity contribution < 1.29 is 4.74 Å². The quantitative estimate of drug-likeness (QED) is 0.788. The minimum atomic E-state index is 0.410. The predicted octanol–water partition coefficient (Wildman–Crippen LogP) is 1.81. The van der Waals surface area contributed by atoms with Crippen LogP contribution in [0.5, 0.6) is 0 Å². The summed E-state index contributed by atoms with van der Waals surface area (Å²) in [6.45, 7) is 6.22. The van der Waals surface area contributed by atoms with Crippen LogP contribution in [0.4, 0.5) is 11.6 Å². The van der Waals surface area contributed by atoms with Crippen LogP contribution in [0.25, 0.3) is 0 Å². The lowest BCUT2D eigenvalue weighted by atomic mass is 10.1. The second kappa shape index (κ2) is 4.87. The summed E-state index contributed by atoms with van der Waals surface area (Å²) >= 11 is 0. The van der Waals surface area contributed by atoms with Gasteiger partial charge in [-0.15, -0.1) is 0 Å². The second-order valence-corrected chi connectivity index (χ2v) is 4.90. The van der Waals surface area contributed by atoms with Crippen LogP contribution < -0.4 is 11.1 Å². The third-order valence-electron chi connectivity index (χ3n) is 3.03. The van der Waals surface area contributed by atoms with Gasteiger partial charge in [0, 0.05) is 19.2 Å². The highest BCUT2D eigenvalue weighted by Crippen LogP contribution is 2.44. The van der Waals surface area contributed by atoms with Crippen LogP contribution in [0.15, 0.2) is 6.07 Å². The van der Waals surface area contributed by atoms with E-state index in [9.17, 15) is 0 Å². The fraction of sp³-hybridized carbons (Fsp3) is 0.667. The summed E-state index contributed by atoms with van der Waals surface area (Å²) in [5.74, 6) is 1.91. The first-order chi connectivity index (χ1) is 8.11. The fourth-order valence-corrected chi connectivity index (χ4v) is 1.56. The maximum atomic E-state index is 5.74. The normalized spacial score (nSPS) is 16.8. The largest absolute Gasteiger partial charge is 0.384 e. The first-order valence-electron chi connectivity index (χ1n) is 6.06. The summed E-state index contributed by atoms with van der Waals surface area (Å²) in [7, 11) is 0. The number of aromatic nitrogens is 2. The maximum Gasteiger partial charge on any atom is 0.158 e. The van der Waals surface area contributed by atoms with Crippen molar-refractivity contribution in [2.75, 3.05) is 24.2 Å². The molecule has 1 heterocycles. The van der Waals surface area contributed by atoms with Crippen LogP contribution in [0, 0.1) is 5.41 Å². The lowest BCUT2D eigenvalue weighted by molar-refractivity contribution is 0.128. The number of hydrogen-bond donors (Lipinski definition) is 2. The molecule has 0 atom stereocenters. The number of nitrogen functional groups attached to an aromatic ring is 1. The highest BCUT2D eigenvalue weighted by molar-refractivity contribution is 5.44. The van der Waals surface area contributed by atoms with Crippen LogP contribution >= 0.6 is 0 Å². The van der Waals surface area contributed by atoms with Gasteiger partial charge in [0.15, 0.2) is 5.82 Å². The smallest absolute Gasteiger partial charge is 0.158 e. The molecule has 94 valence electrons. The van der Waals surface area contributed by atoms with Gasteiger partial charge < -0.3 is 15.8 Å². The summed E-state index contributed by atoms with van der Waals surface area (Å²) in [6, 6.07) is 1.77. The van der Waals surface area contributed by atoms with Gasteiger partial charge in [-0.05, 0) is 25.2 Å². The third-order valence-corrected chi connectivity index (χ3v) is 3.03. The number of anilines is 2. The Morgan fingerprint density at radius 3 is 2.88 bits per heavy atom. The van der Waals surface area contributed by atoms with Gasteiger partial charge in [0.2, 0.25) is 0 Å². The zero-order valence-electron chi connectivity index (χ0n) is 10.5. The number of hydrogen-bond acceptors (Lipinski definition) is 5. The van der Waals surface area contributed by atoms with Gasteiger partial charge in [0.1, 0.15) is 18.2 Å². The highest BCUT2D eigenvalue weighted by Gasteiger charge is 2.36. The van der Waals surface area contributed by atoms with Crippen LogP contribution in [0.1, 0.15) is 32.5 Å². The summed E-state index contributed by atoms with van der Waals surface area (Å²) in [5, 5.41) is 3.32. The van der Waals surface area contributed by atoms with E-state index in [-0.39, 0.29) is 0 Å². The highest BCUT2D eigenvalue weighted by atomic mass is 16.5. The van der Waals surface area contributed by atoms with Crippen molar-refractivity contribution >= 4 is 11.6 Å². The number of nitrogens with one attached hydrogen (secondary N) is 1. The first-order valence-corrected chi connectivity index (χ1v) is 6.06. The summed E-state index contributed by atoms with van der Waals surface area (Å²) in [6.07, 6.45) is 2.57. The molecule has 1 saturated carbocycles. The molecule has 0 saturated heterocycles. The molecule has 1 aromatic heterocycles. The van der Waals surface area contributed by atoms with Crippen molar-refractivity contribution in [3.63, 3.8) is 0 Å². The average Bonchev–Trinajstić information content (AvgIpc) is 3.02. The molecule has 0 spiro atoms.